The Morgan fingerprint density at radius 1 is 1.03 bits per heavy atom. The SMILES string of the molecule is CC1=C(C(=O)Nc2ccccc2)C(c2ccc(Br)cc2)n2nc(-c3ccc(Cl)cc3)nc2N1. The molecule has 0 saturated carbocycles. The number of halogens is 2. The van der Waals surface area contributed by atoms with Gasteiger partial charge in [-0.05, 0) is 61.0 Å². The summed E-state index contributed by atoms with van der Waals surface area (Å²) in [6, 6.07) is 24.2. The molecule has 0 fully saturated rings. The predicted octanol–water partition coefficient (Wildman–Crippen LogP) is 6.29. The second-order valence-electron chi connectivity index (χ2n) is 7.65. The van der Waals surface area contributed by atoms with Crippen molar-refractivity contribution < 1.29 is 4.79 Å². The summed E-state index contributed by atoms with van der Waals surface area (Å²) in [6.07, 6.45) is 0. The van der Waals surface area contributed by atoms with Crippen LogP contribution < -0.4 is 10.6 Å². The molecule has 1 unspecified atom stereocenters. The van der Waals surface area contributed by atoms with Gasteiger partial charge in [-0.1, -0.05) is 57.9 Å². The lowest BCUT2D eigenvalue weighted by atomic mass is 9.95. The number of aromatic nitrogens is 3. The molecule has 6 nitrogen and oxygen atoms in total. The highest BCUT2D eigenvalue weighted by Crippen LogP contribution is 2.37. The van der Waals surface area contributed by atoms with Crippen molar-refractivity contribution in [2.45, 2.75) is 13.0 Å². The standard InChI is InChI=1S/C25H19BrClN5O/c1-15-21(24(33)29-20-5-3-2-4-6-20)22(16-7-11-18(26)12-8-16)32-25(28-15)30-23(31-32)17-9-13-19(27)14-10-17/h2-14,22H,1H3,(H,29,33)(H,28,30,31). The van der Waals surface area contributed by atoms with Gasteiger partial charge in [0.2, 0.25) is 5.95 Å². The van der Waals surface area contributed by atoms with E-state index in [1.54, 1.807) is 16.8 Å². The molecule has 0 spiro atoms. The van der Waals surface area contributed by atoms with Crippen LogP contribution in [-0.2, 0) is 4.79 Å². The average molecular weight is 521 g/mol. The lowest BCUT2D eigenvalue weighted by Gasteiger charge is -2.28. The quantitative estimate of drug-likeness (QED) is 0.332. The number of para-hydroxylation sites is 1. The van der Waals surface area contributed by atoms with Gasteiger partial charge < -0.3 is 10.6 Å². The summed E-state index contributed by atoms with van der Waals surface area (Å²) in [5.41, 5.74) is 3.78. The van der Waals surface area contributed by atoms with Gasteiger partial charge in [-0.25, -0.2) is 4.68 Å². The van der Waals surface area contributed by atoms with Gasteiger partial charge in [0.15, 0.2) is 5.82 Å². The number of hydrogen-bond donors (Lipinski definition) is 2. The van der Waals surface area contributed by atoms with Crippen molar-refractivity contribution in [3.8, 4) is 11.4 Å². The van der Waals surface area contributed by atoms with Crippen LogP contribution in [0.25, 0.3) is 11.4 Å². The molecule has 0 aliphatic carbocycles. The lowest BCUT2D eigenvalue weighted by Crippen LogP contribution is -2.31. The minimum absolute atomic E-state index is 0.201. The van der Waals surface area contributed by atoms with Crippen LogP contribution in [0.4, 0.5) is 11.6 Å². The van der Waals surface area contributed by atoms with E-state index in [1.165, 1.54) is 0 Å². The lowest BCUT2D eigenvalue weighted by molar-refractivity contribution is -0.113. The zero-order valence-electron chi connectivity index (χ0n) is 17.6. The third kappa shape index (κ3) is 4.29. The molecule has 1 atom stereocenters. The summed E-state index contributed by atoms with van der Waals surface area (Å²) in [5.74, 6) is 0.920. The van der Waals surface area contributed by atoms with Gasteiger partial charge in [-0.2, -0.15) is 4.98 Å². The number of benzene rings is 3. The van der Waals surface area contributed by atoms with Crippen LogP contribution in [0.15, 0.2) is 94.6 Å². The van der Waals surface area contributed by atoms with Crippen LogP contribution in [0.2, 0.25) is 5.02 Å². The highest BCUT2D eigenvalue weighted by Gasteiger charge is 2.34. The number of anilines is 2. The molecule has 1 aliphatic rings. The molecule has 1 amide bonds. The maximum Gasteiger partial charge on any atom is 0.255 e. The van der Waals surface area contributed by atoms with Crippen molar-refractivity contribution in [1.82, 2.24) is 14.8 Å². The molecule has 33 heavy (non-hydrogen) atoms. The van der Waals surface area contributed by atoms with Crippen LogP contribution in [0.1, 0.15) is 18.5 Å². The number of rotatable bonds is 4. The molecular formula is C25H19BrClN5O. The number of allylic oxidation sites excluding steroid dienone is 1. The summed E-state index contributed by atoms with van der Waals surface area (Å²) in [4.78, 5) is 18.2. The Morgan fingerprint density at radius 2 is 1.73 bits per heavy atom. The van der Waals surface area contributed by atoms with Crippen molar-refractivity contribution >= 4 is 45.1 Å². The molecule has 4 aromatic rings. The number of carbonyl (C=O) groups excluding carboxylic acids is 1. The first-order valence-electron chi connectivity index (χ1n) is 10.3. The van der Waals surface area contributed by atoms with Crippen LogP contribution in [-0.4, -0.2) is 20.7 Å². The van der Waals surface area contributed by atoms with E-state index >= 15 is 0 Å². The van der Waals surface area contributed by atoms with E-state index < -0.39 is 6.04 Å². The molecule has 1 aromatic heterocycles. The van der Waals surface area contributed by atoms with Crippen molar-refractivity contribution in [2.24, 2.45) is 0 Å². The Hall–Kier alpha value is -3.42. The highest BCUT2D eigenvalue weighted by atomic mass is 79.9. The Bertz CT molecular complexity index is 1350. The van der Waals surface area contributed by atoms with Gasteiger partial charge in [-0.15, -0.1) is 5.10 Å². The minimum Gasteiger partial charge on any atom is -0.328 e. The Labute approximate surface area is 204 Å². The van der Waals surface area contributed by atoms with Crippen LogP contribution >= 0.6 is 27.5 Å². The van der Waals surface area contributed by atoms with E-state index in [0.29, 0.717) is 22.4 Å². The number of fused-ring (bicyclic) bond motifs is 1. The summed E-state index contributed by atoms with van der Waals surface area (Å²) in [6.45, 7) is 1.88. The number of amides is 1. The fourth-order valence-electron chi connectivity index (χ4n) is 3.84. The second kappa shape index (κ2) is 8.84. The number of hydrogen-bond acceptors (Lipinski definition) is 4. The van der Waals surface area contributed by atoms with Crippen molar-refractivity contribution in [3.63, 3.8) is 0 Å². The van der Waals surface area contributed by atoms with Gasteiger partial charge >= 0.3 is 0 Å². The summed E-state index contributed by atoms with van der Waals surface area (Å²) in [7, 11) is 0. The maximum absolute atomic E-state index is 13.5. The summed E-state index contributed by atoms with van der Waals surface area (Å²) < 4.78 is 2.72. The minimum atomic E-state index is -0.452. The van der Waals surface area contributed by atoms with Gasteiger partial charge in [0, 0.05) is 26.4 Å². The van der Waals surface area contributed by atoms with E-state index in [1.807, 2.05) is 73.7 Å². The van der Waals surface area contributed by atoms with Crippen molar-refractivity contribution in [3.05, 3.63) is 105 Å². The van der Waals surface area contributed by atoms with Gasteiger partial charge in [0.05, 0.1) is 5.57 Å². The van der Waals surface area contributed by atoms with E-state index in [4.69, 9.17) is 21.7 Å². The second-order valence-corrected chi connectivity index (χ2v) is 9.00. The van der Waals surface area contributed by atoms with E-state index in [2.05, 4.69) is 26.6 Å². The Morgan fingerprint density at radius 3 is 2.42 bits per heavy atom. The normalized spacial score (nSPS) is 15.1. The third-order valence-corrected chi connectivity index (χ3v) is 6.20. The fourth-order valence-corrected chi connectivity index (χ4v) is 4.23. The highest BCUT2D eigenvalue weighted by molar-refractivity contribution is 9.10. The topological polar surface area (TPSA) is 71.8 Å². The molecule has 8 heteroatoms. The Kier molecular flexibility index (Phi) is 5.74. The molecule has 5 rings (SSSR count). The van der Waals surface area contributed by atoms with E-state index in [-0.39, 0.29) is 5.91 Å². The third-order valence-electron chi connectivity index (χ3n) is 5.42. The van der Waals surface area contributed by atoms with Crippen LogP contribution in [0.3, 0.4) is 0 Å². The first-order chi connectivity index (χ1) is 16.0. The number of nitrogens with zero attached hydrogens (tertiary/aromatic N) is 3. The fraction of sp³-hybridized carbons (Fsp3) is 0.0800. The average Bonchev–Trinajstić information content (AvgIpc) is 3.23. The van der Waals surface area contributed by atoms with Gasteiger partial charge in [0.25, 0.3) is 5.91 Å². The zero-order chi connectivity index (χ0) is 22.9. The first kappa shape index (κ1) is 21.4. The molecule has 2 heterocycles. The molecule has 2 N–H and O–H groups in total. The van der Waals surface area contributed by atoms with Crippen molar-refractivity contribution in [1.29, 1.82) is 0 Å². The molecule has 3 aromatic carbocycles. The molecule has 0 bridgehead atoms. The summed E-state index contributed by atoms with van der Waals surface area (Å²) >= 11 is 9.54. The zero-order valence-corrected chi connectivity index (χ0v) is 19.9. The maximum atomic E-state index is 13.5. The Balaban J connectivity index is 1.60. The number of nitrogens with one attached hydrogen (secondary N) is 2. The van der Waals surface area contributed by atoms with Crippen LogP contribution in [0.5, 0.6) is 0 Å². The molecule has 0 saturated heterocycles. The smallest absolute Gasteiger partial charge is 0.255 e. The largest absolute Gasteiger partial charge is 0.328 e. The van der Waals surface area contributed by atoms with Gasteiger partial charge in [0.1, 0.15) is 6.04 Å². The summed E-state index contributed by atoms with van der Waals surface area (Å²) in [5, 5.41) is 11.7. The van der Waals surface area contributed by atoms with Gasteiger partial charge in [-0.3, -0.25) is 4.79 Å². The number of carbonyl (C=O) groups is 1. The monoisotopic (exact) mass is 519 g/mol. The first-order valence-corrected chi connectivity index (χ1v) is 11.5. The van der Waals surface area contributed by atoms with E-state index in [9.17, 15) is 4.79 Å². The van der Waals surface area contributed by atoms with E-state index in [0.717, 1.165) is 27.0 Å². The molecular weight excluding hydrogens is 502 g/mol. The predicted molar refractivity (Wildman–Crippen MR) is 134 cm³/mol. The molecule has 0 radical (unpaired) electrons. The van der Waals surface area contributed by atoms with Crippen LogP contribution in [0, 0.1) is 0 Å². The molecule has 1 aliphatic heterocycles. The molecule has 164 valence electrons. The van der Waals surface area contributed by atoms with Crippen molar-refractivity contribution in [2.75, 3.05) is 10.6 Å².